The Labute approximate surface area is 208 Å². The molecule has 186 valence electrons. The van der Waals surface area contributed by atoms with Crippen molar-refractivity contribution >= 4 is 27.4 Å². The Hall–Kier alpha value is -3.15. The van der Waals surface area contributed by atoms with Crippen molar-refractivity contribution in [3.63, 3.8) is 0 Å². The van der Waals surface area contributed by atoms with E-state index in [1.807, 2.05) is 17.0 Å². The zero-order chi connectivity index (χ0) is 25.2. The van der Waals surface area contributed by atoms with Gasteiger partial charge in [0.1, 0.15) is 5.82 Å². The predicted molar refractivity (Wildman–Crippen MR) is 130 cm³/mol. The van der Waals surface area contributed by atoms with Crippen LogP contribution < -0.4 is 19.1 Å². The van der Waals surface area contributed by atoms with Gasteiger partial charge in [-0.15, -0.1) is 10.2 Å². The summed E-state index contributed by atoms with van der Waals surface area (Å²) in [6.07, 6.45) is 0. The average molecular weight is 523 g/mol. The van der Waals surface area contributed by atoms with Gasteiger partial charge in [0.2, 0.25) is 15.8 Å². The smallest absolute Gasteiger partial charge is 0.243 e. The molecule has 1 aliphatic heterocycles. The lowest BCUT2D eigenvalue weighted by molar-refractivity contribution is 0.324. The second kappa shape index (κ2) is 10.2. The lowest BCUT2D eigenvalue weighted by Crippen LogP contribution is -2.49. The molecule has 35 heavy (non-hydrogen) atoms. The van der Waals surface area contributed by atoms with Crippen LogP contribution in [0.15, 0.2) is 47.4 Å². The lowest BCUT2D eigenvalue weighted by atomic mass is 10.1. The number of methoxy groups -OCH3 is 3. The first-order valence-electron chi connectivity index (χ1n) is 10.6. The molecule has 0 spiro atoms. The number of ether oxygens (including phenoxy) is 3. The number of hydrogen-bond donors (Lipinski definition) is 0. The number of sulfonamides is 1. The second-order valence-corrected chi connectivity index (χ2v) is 10.0. The summed E-state index contributed by atoms with van der Waals surface area (Å²) in [7, 11) is 0.837. The molecule has 2 heterocycles. The van der Waals surface area contributed by atoms with Crippen LogP contribution in [0.3, 0.4) is 0 Å². The Kier molecular flexibility index (Phi) is 7.29. The maximum atomic E-state index is 13.4. The minimum absolute atomic E-state index is 0.0353. The predicted octanol–water partition coefficient (Wildman–Crippen LogP) is 3.47. The standard InChI is InChI=1S/C23H24ClFN4O5S/c1-32-20-12-15(13-21(33-2)23(20)34-3)19-6-7-22(27-26-19)28-8-10-29(11-9-28)35(30,31)16-4-5-18(25)17(24)14-16/h4-7,12-14H,8-11H2,1-3H3. The highest BCUT2D eigenvalue weighted by atomic mass is 35.5. The molecule has 1 fully saturated rings. The Balaban J connectivity index is 1.48. The minimum Gasteiger partial charge on any atom is -0.493 e. The van der Waals surface area contributed by atoms with Gasteiger partial charge >= 0.3 is 0 Å². The molecule has 2 aromatic carbocycles. The van der Waals surface area contributed by atoms with Crippen molar-refractivity contribution in [3.8, 4) is 28.5 Å². The highest BCUT2D eigenvalue weighted by Gasteiger charge is 2.29. The van der Waals surface area contributed by atoms with Crippen LogP contribution in [0, 0.1) is 5.82 Å². The lowest BCUT2D eigenvalue weighted by Gasteiger charge is -2.34. The second-order valence-electron chi connectivity index (χ2n) is 7.66. The quantitative estimate of drug-likeness (QED) is 0.465. The van der Waals surface area contributed by atoms with E-state index in [1.165, 1.54) is 17.5 Å². The molecule has 0 amide bonds. The van der Waals surface area contributed by atoms with Crippen LogP contribution in [0.2, 0.25) is 5.02 Å². The molecule has 1 aromatic heterocycles. The van der Waals surface area contributed by atoms with E-state index < -0.39 is 15.8 Å². The number of anilines is 1. The number of nitrogens with zero attached hydrogens (tertiary/aromatic N) is 4. The Morgan fingerprint density at radius 1 is 0.886 bits per heavy atom. The van der Waals surface area contributed by atoms with Crippen LogP contribution in [0.5, 0.6) is 17.2 Å². The third kappa shape index (κ3) is 4.97. The Morgan fingerprint density at radius 2 is 1.54 bits per heavy atom. The van der Waals surface area contributed by atoms with Gasteiger partial charge in [0, 0.05) is 31.7 Å². The van der Waals surface area contributed by atoms with Gasteiger partial charge in [-0.25, -0.2) is 12.8 Å². The normalized spacial score (nSPS) is 14.6. The van der Waals surface area contributed by atoms with E-state index in [0.717, 1.165) is 17.7 Å². The van der Waals surface area contributed by atoms with Crippen molar-refractivity contribution in [2.45, 2.75) is 4.90 Å². The van der Waals surface area contributed by atoms with Crippen LogP contribution in [0.4, 0.5) is 10.2 Å². The van der Waals surface area contributed by atoms with Gasteiger partial charge in [-0.1, -0.05) is 11.6 Å². The van der Waals surface area contributed by atoms with E-state index >= 15 is 0 Å². The topological polar surface area (TPSA) is 94.1 Å². The van der Waals surface area contributed by atoms with Gasteiger partial charge < -0.3 is 19.1 Å². The highest BCUT2D eigenvalue weighted by molar-refractivity contribution is 7.89. The van der Waals surface area contributed by atoms with Crippen molar-refractivity contribution in [2.24, 2.45) is 0 Å². The fourth-order valence-corrected chi connectivity index (χ4v) is 5.51. The molecular weight excluding hydrogens is 499 g/mol. The van der Waals surface area contributed by atoms with Crippen LogP contribution >= 0.6 is 11.6 Å². The van der Waals surface area contributed by atoms with E-state index in [4.69, 9.17) is 25.8 Å². The summed E-state index contributed by atoms with van der Waals surface area (Å²) in [5, 5.41) is 8.44. The maximum Gasteiger partial charge on any atom is 0.243 e. The van der Waals surface area contributed by atoms with Crippen molar-refractivity contribution < 1.29 is 27.0 Å². The third-order valence-electron chi connectivity index (χ3n) is 5.70. The molecule has 0 saturated carbocycles. The number of halogens is 2. The van der Waals surface area contributed by atoms with E-state index in [-0.39, 0.29) is 23.0 Å². The van der Waals surface area contributed by atoms with E-state index in [0.29, 0.717) is 41.8 Å². The number of benzene rings is 2. The zero-order valence-electron chi connectivity index (χ0n) is 19.4. The van der Waals surface area contributed by atoms with Crippen molar-refractivity contribution in [3.05, 3.63) is 53.3 Å². The van der Waals surface area contributed by atoms with Gasteiger partial charge in [-0.05, 0) is 42.5 Å². The molecule has 0 atom stereocenters. The van der Waals surface area contributed by atoms with E-state index in [9.17, 15) is 12.8 Å². The molecule has 9 nitrogen and oxygen atoms in total. The van der Waals surface area contributed by atoms with E-state index in [2.05, 4.69) is 10.2 Å². The number of aromatic nitrogens is 2. The number of hydrogen-bond acceptors (Lipinski definition) is 8. The Bertz CT molecular complexity index is 1290. The van der Waals surface area contributed by atoms with Gasteiger partial charge in [0.05, 0.1) is 36.9 Å². The monoisotopic (exact) mass is 522 g/mol. The van der Waals surface area contributed by atoms with Crippen LogP contribution in [0.25, 0.3) is 11.3 Å². The summed E-state index contributed by atoms with van der Waals surface area (Å²) >= 11 is 5.77. The molecule has 0 aliphatic carbocycles. The molecule has 1 aliphatic rings. The number of rotatable bonds is 7. The summed E-state index contributed by atoms with van der Waals surface area (Å²) in [6.45, 7) is 1.33. The summed E-state index contributed by atoms with van der Waals surface area (Å²) in [5.74, 6) is 1.46. The molecule has 1 saturated heterocycles. The summed E-state index contributed by atoms with van der Waals surface area (Å²) in [5.41, 5.74) is 1.36. The third-order valence-corrected chi connectivity index (χ3v) is 7.89. The average Bonchev–Trinajstić information content (AvgIpc) is 2.89. The minimum atomic E-state index is -3.78. The van der Waals surface area contributed by atoms with Crippen molar-refractivity contribution in [1.82, 2.24) is 14.5 Å². The van der Waals surface area contributed by atoms with E-state index in [1.54, 1.807) is 26.4 Å². The molecular formula is C23H24ClFN4O5S. The molecule has 0 N–H and O–H groups in total. The number of piperazine rings is 1. The van der Waals surface area contributed by atoms with Gasteiger partial charge in [-0.2, -0.15) is 4.31 Å². The van der Waals surface area contributed by atoms with Crippen LogP contribution in [-0.4, -0.2) is 70.4 Å². The highest BCUT2D eigenvalue weighted by Crippen LogP contribution is 2.40. The molecule has 3 aromatic rings. The SMILES string of the molecule is COc1cc(-c2ccc(N3CCN(S(=O)(=O)c4ccc(F)c(Cl)c4)CC3)nn2)cc(OC)c1OC. The fraction of sp³-hybridized carbons (Fsp3) is 0.304. The molecule has 0 bridgehead atoms. The fourth-order valence-electron chi connectivity index (χ4n) is 3.82. The first kappa shape index (κ1) is 25.0. The van der Waals surface area contributed by atoms with Gasteiger partial charge in [0.25, 0.3) is 0 Å². The zero-order valence-corrected chi connectivity index (χ0v) is 20.9. The van der Waals surface area contributed by atoms with Crippen LogP contribution in [0.1, 0.15) is 0 Å². The summed E-state index contributed by atoms with van der Waals surface area (Å²) in [4.78, 5) is 1.92. The molecule has 12 heteroatoms. The van der Waals surface area contributed by atoms with Gasteiger partial charge in [0.15, 0.2) is 17.3 Å². The van der Waals surface area contributed by atoms with Crippen LogP contribution in [-0.2, 0) is 10.0 Å². The molecule has 0 radical (unpaired) electrons. The van der Waals surface area contributed by atoms with Gasteiger partial charge in [-0.3, -0.25) is 0 Å². The first-order valence-corrected chi connectivity index (χ1v) is 12.4. The summed E-state index contributed by atoms with van der Waals surface area (Å²) in [6, 6.07) is 10.6. The summed E-state index contributed by atoms with van der Waals surface area (Å²) < 4.78 is 56.8. The maximum absolute atomic E-state index is 13.4. The first-order chi connectivity index (χ1) is 16.8. The molecule has 4 rings (SSSR count). The molecule has 0 unspecified atom stereocenters. The van der Waals surface area contributed by atoms with Crippen molar-refractivity contribution in [2.75, 3.05) is 52.4 Å². The van der Waals surface area contributed by atoms with Crippen molar-refractivity contribution in [1.29, 1.82) is 0 Å². The largest absolute Gasteiger partial charge is 0.493 e. The Morgan fingerprint density at radius 3 is 2.06 bits per heavy atom.